The molecule has 88 valence electrons. The Balaban J connectivity index is 2.68. The van der Waals surface area contributed by atoms with Crippen LogP contribution in [0.25, 0.3) is 0 Å². The Kier molecular flexibility index (Phi) is 4.58. The average molecular weight is 212 g/mol. The van der Waals surface area contributed by atoms with Crippen LogP contribution in [0, 0.1) is 5.92 Å². The minimum Gasteiger partial charge on any atom is -0.370 e. The van der Waals surface area contributed by atoms with E-state index in [0.29, 0.717) is 12.3 Å². The maximum absolute atomic E-state index is 11.2. The Labute approximate surface area is 92.8 Å². The van der Waals surface area contributed by atoms with E-state index in [4.69, 9.17) is 5.73 Å². The molecule has 1 saturated carbocycles. The van der Waals surface area contributed by atoms with Gasteiger partial charge in [0.25, 0.3) is 0 Å². The molecule has 0 aromatic rings. The molecule has 0 bridgehead atoms. The largest absolute Gasteiger partial charge is 0.370 e. The highest BCUT2D eigenvalue weighted by Crippen LogP contribution is 2.35. The van der Waals surface area contributed by atoms with E-state index in [1.54, 1.807) is 0 Å². The van der Waals surface area contributed by atoms with Crippen LogP contribution in [0.15, 0.2) is 0 Å². The second-order valence-electron chi connectivity index (χ2n) is 4.87. The van der Waals surface area contributed by atoms with E-state index >= 15 is 0 Å². The SMILES string of the molecule is CCCNC1(CC(N)=O)CCCCC1C. The van der Waals surface area contributed by atoms with Gasteiger partial charge in [0.15, 0.2) is 0 Å². The first-order valence-corrected chi connectivity index (χ1v) is 6.14. The van der Waals surface area contributed by atoms with Gasteiger partial charge < -0.3 is 11.1 Å². The summed E-state index contributed by atoms with van der Waals surface area (Å²) in [6, 6.07) is 0. The van der Waals surface area contributed by atoms with Crippen LogP contribution in [-0.2, 0) is 4.79 Å². The summed E-state index contributed by atoms with van der Waals surface area (Å²) in [5, 5.41) is 3.57. The summed E-state index contributed by atoms with van der Waals surface area (Å²) in [6.45, 7) is 5.38. The van der Waals surface area contributed by atoms with Crippen LogP contribution < -0.4 is 11.1 Å². The van der Waals surface area contributed by atoms with Crippen molar-refractivity contribution < 1.29 is 4.79 Å². The molecule has 2 unspecified atom stereocenters. The first-order chi connectivity index (χ1) is 7.10. The van der Waals surface area contributed by atoms with Crippen molar-refractivity contribution in [1.29, 1.82) is 0 Å². The van der Waals surface area contributed by atoms with Gasteiger partial charge in [-0.2, -0.15) is 0 Å². The van der Waals surface area contributed by atoms with Crippen LogP contribution in [0.4, 0.5) is 0 Å². The van der Waals surface area contributed by atoms with Crippen molar-refractivity contribution in [3.05, 3.63) is 0 Å². The first kappa shape index (κ1) is 12.5. The van der Waals surface area contributed by atoms with Crippen LogP contribution in [-0.4, -0.2) is 18.0 Å². The molecule has 0 heterocycles. The fourth-order valence-electron chi connectivity index (χ4n) is 2.69. The second-order valence-corrected chi connectivity index (χ2v) is 4.87. The van der Waals surface area contributed by atoms with E-state index < -0.39 is 0 Å². The van der Waals surface area contributed by atoms with Gasteiger partial charge in [-0.05, 0) is 31.7 Å². The van der Waals surface area contributed by atoms with Crippen LogP contribution in [0.5, 0.6) is 0 Å². The normalized spacial score (nSPS) is 31.5. The van der Waals surface area contributed by atoms with Crippen LogP contribution >= 0.6 is 0 Å². The third kappa shape index (κ3) is 3.20. The highest BCUT2D eigenvalue weighted by Gasteiger charge is 2.38. The lowest BCUT2D eigenvalue weighted by Crippen LogP contribution is -2.54. The van der Waals surface area contributed by atoms with Crippen molar-refractivity contribution in [1.82, 2.24) is 5.32 Å². The Morgan fingerprint density at radius 2 is 2.27 bits per heavy atom. The molecule has 0 aromatic heterocycles. The third-order valence-electron chi connectivity index (χ3n) is 3.67. The number of primary amides is 1. The van der Waals surface area contributed by atoms with E-state index in [0.717, 1.165) is 19.4 Å². The number of nitrogens with two attached hydrogens (primary N) is 1. The minimum atomic E-state index is -0.174. The third-order valence-corrected chi connectivity index (χ3v) is 3.67. The van der Waals surface area contributed by atoms with E-state index in [1.807, 2.05) is 0 Å². The number of carbonyl (C=O) groups excluding carboxylic acids is 1. The predicted octanol–water partition coefficient (Wildman–Crippen LogP) is 1.81. The van der Waals surface area contributed by atoms with Gasteiger partial charge in [0.05, 0.1) is 0 Å². The molecule has 0 aromatic carbocycles. The Hall–Kier alpha value is -0.570. The zero-order valence-electron chi connectivity index (χ0n) is 10.0. The van der Waals surface area contributed by atoms with Crippen molar-refractivity contribution in [2.24, 2.45) is 11.7 Å². The van der Waals surface area contributed by atoms with E-state index in [2.05, 4.69) is 19.2 Å². The zero-order chi connectivity index (χ0) is 11.3. The summed E-state index contributed by atoms with van der Waals surface area (Å²) in [6.07, 6.45) is 6.41. The second kappa shape index (κ2) is 5.50. The number of nitrogens with one attached hydrogen (secondary N) is 1. The van der Waals surface area contributed by atoms with Gasteiger partial charge in [0, 0.05) is 12.0 Å². The summed E-state index contributed by atoms with van der Waals surface area (Å²) in [5.74, 6) is 0.387. The van der Waals surface area contributed by atoms with Gasteiger partial charge in [-0.25, -0.2) is 0 Å². The molecule has 3 nitrogen and oxygen atoms in total. The highest BCUT2D eigenvalue weighted by atomic mass is 16.1. The molecule has 2 atom stereocenters. The van der Waals surface area contributed by atoms with Crippen molar-refractivity contribution in [3.63, 3.8) is 0 Å². The maximum Gasteiger partial charge on any atom is 0.219 e. The lowest BCUT2D eigenvalue weighted by atomic mass is 9.71. The van der Waals surface area contributed by atoms with E-state index in [9.17, 15) is 4.79 Å². The zero-order valence-corrected chi connectivity index (χ0v) is 10.0. The van der Waals surface area contributed by atoms with Crippen molar-refractivity contribution in [3.8, 4) is 0 Å². The van der Waals surface area contributed by atoms with Crippen LogP contribution in [0.3, 0.4) is 0 Å². The van der Waals surface area contributed by atoms with Crippen molar-refractivity contribution in [2.45, 2.75) is 57.9 Å². The number of carbonyl (C=O) groups is 1. The van der Waals surface area contributed by atoms with Crippen molar-refractivity contribution >= 4 is 5.91 Å². The van der Waals surface area contributed by atoms with Gasteiger partial charge in [-0.1, -0.05) is 26.7 Å². The molecular formula is C12H24N2O. The molecule has 1 aliphatic carbocycles. The summed E-state index contributed by atoms with van der Waals surface area (Å²) in [7, 11) is 0. The van der Waals surface area contributed by atoms with Gasteiger partial charge >= 0.3 is 0 Å². The maximum atomic E-state index is 11.2. The summed E-state index contributed by atoms with van der Waals surface area (Å²) >= 11 is 0. The van der Waals surface area contributed by atoms with Gasteiger partial charge in [-0.3, -0.25) is 4.79 Å². The molecule has 0 aliphatic heterocycles. The smallest absolute Gasteiger partial charge is 0.219 e. The van der Waals surface area contributed by atoms with Crippen molar-refractivity contribution in [2.75, 3.05) is 6.54 Å². The van der Waals surface area contributed by atoms with E-state index in [-0.39, 0.29) is 11.4 Å². The van der Waals surface area contributed by atoms with E-state index in [1.165, 1.54) is 19.3 Å². The Bertz CT molecular complexity index is 218. The van der Waals surface area contributed by atoms with Crippen LogP contribution in [0.1, 0.15) is 52.4 Å². The lowest BCUT2D eigenvalue weighted by molar-refractivity contribution is -0.120. The molecule has 1 amide bonds. The monoisotopic (exact) mass is 212 g/mol. The number of hydrogen-bond acceptors (Lipinski definition) is 2. The summed E-state index contributed by atoms with van der Waals surface area (Å²) in [5.41, 5.74) is 5.35. The molecule has 0 radical (unpaired) electrons. The predicted molar refractivity (Wildman–Crippen MR) is 62.5 cm³/mol. The number of rotatable bonds is 5. The fraction of sp³-hybridized carbons (Fsp3) is 0.917. The standard InChI is InChI=1S/C12H24N2O/c1-3-8-14-12(9-11(13)15)7-5-4-6-10(12)2/h10,14H,3-9H2,1-2H3,(H2,13,15). The summed E-state index contributed by atoms with van der Waals surface area (Å²) < 4.78 is 0. The molecule has 15 heavy (non-hydrogen) atoms. The molecule has 1 fully saturated rings. The quantitative estimate of drug-likeness (QED) is 0.730. The first-order valence-electron chi connectivity index (χ1n) is 6.14. The van der Waals surface area contributed by atoms with Crippen LogP contribution in [0.2, 0.25) is 0 Å². The van der Waals surface area contributed by atoms with Gasteiger partial charge in [0.2, 0.25) is 5.91 Å². The molecule has 1 rings (SSSR count). The van der Waals surface area contributed by atoms with Gasteiger partial charge in [0.1, 0.15) is 0 Å². The molecule has 0 spiro atoms. The fourth-order valence-corrected chi connectivity index (χ4v) is 2.69. The number of amides is 1. The molecule has 3 heteroatoms. The average Bonchev–Trinajstić information content (AvgIpc) is 2.18. The molecular weight excluding hydrogens is 188 g/mol. The summed E-state index contributed by atoms with van der Waals surface area (Å²) in [4.78, 5) is 11.2. The Morgan fingerprint density at radius 3 is 2.80 bits per heavy atom. The molecule has 0 saturated heterocycles. The van der Waals surface area contributed by atoms with Gasteiger partial charge in [-0.15, -0.1) is 0 Å². The highest BCUT2D eigenvalue weighted by molar-refractivity contribution is 5.75. The lowest BCUT2D eigenvalue weighted by Gasteiger charge is -2.43. The minimum absolute atomic E-state index is 0.0138. The Morgan fingerprint density at radius 1 is 1.53 bits per heavy atom. The number of hydrogen-bond donors (Lipinski definition) is 2. The molecule has 1 aliphatic rings. The topological polar surface area (TPSA) is 55.1 Å². The molecule has 3 N–H and O–H groups in total.